The van der Waals surface area contributed by atoms with Gasteiger partial charge in [0.15, 0.2) is 0 Å². The van der Waals surface area contributed by atoms with Gasteiger partial charge >= 0.3 is 0 Å². The van der Waals surface area contributed by atoms with Crippen LogP contribution in [-0.4, -0.2) is 55.8 Å². The predicted molar refractivity (Wildman–Crippen MR) is 104 cm³/mol. The maximum atomic E-state index is 12.6. The number of amides is 1. The van der Waals surface area contributed by atoms with Crippen LogP contribution in [0.1, 0.15) is 6.92 Å². The zero-order chi connectivity index (χ0) is 18.7. The van der Waals surface area contributed by atoms with Crippen molar-refractivity contribution in [3.63, 3.8) is 0 Å². The molecule has 3 rings (SSSR count). The quantitative estimate of drug-likeness (QED) is 0.818. The Labute approximate surface area is 162 Å². The van der Waals surface area contributed by atoms with Gasteiger partial charge in [0, 0.05) is 36.9 Å². The van der Waals surface area contributed by atoms with E-state index in [1.54, 1.807) is 41.8 Å². The summed E-state index contributed by atoms with van der Waals surface area (Å²) in [5.74, 6) is -0.123. The van der Waals surface area contributed by atoms with Crippen molar-refractivity contribution in [3.8, 4) is 0 Å². The van der Waals surface area contributed by atoms with Gasteiger partial charge in [-0.2, -0.15) is 4.31 Å². The van der Waals surface area contributed by atoms with Gasteiger partial charge in [-0.1, -0.05) is 17.7 Å². The van der Waals surface area contributed by atoms with Crippen LogP contribution in [0.2, 0.25) is 5.02 Å². The van der Waals surface area contributed by atoms with Gasteiger partial charge in [-0.3, -0.25) is 9.69 Å². The molecule has 0 bridgehead atoms. The van der Waals surface area contributed by atoms with E-state index in [1.165, 1.54) is 15.6 Å². The van der Waals surface area contributed by atoms with Crippen LogP contribution >= 0.6 is 22.9 Å². The van der Waals surface area contributed by atoms with E-state index >= 15 is 0 Å². The number of anilines is 1. The molecule has 2 heterocycles. The van der Waals surface area contributed by atoms with Gasteiger partial charge in [-0.05, 0) is 42.6 Å². The Kier molecular flexibility index (Phi) is 5.99. The predicted octanol–water partition coefficient (Wildman–Crippen LogP) is 2.74. The van der Waals surface area contributed by atoms with Crippen LogP contribution in [0.4, 0.5) is 5.69 Å². The molecule has 1 N–H and O–H groups in total. The summed E-state index contributed by atoms with van der Waals surface area (Å²) in [7, 11) is -3.43. The van der Waals surface area contributed by atoms with Gasteiger partial charge in [-0.15, -0.1) is 11.3 Å². The molecule has 1 amide bonds. The van der Waals surface area contributed by atoms with Crippen molar-refractivity contribution in [3.05, 3.63) is 46.8 Å². The highest BCUT2D eigenvalue weighted by atomic mass is 35.5. The first-order valence-electron chi connectivity index (χ1n) is 8.22. The summed E-state index contributed by atoms with van der Waals surface area (Å²) in [6.07, 6.45) is 0. The summed E-state index contributed by atoms with van der Waals surface area (Å²) >= 11 is 7.07. The van der Waals surface area contributed by atoms with Crippen LogP contribution in [0.3, 0.4) is 0 Å². The van der Waals surface area contributed by atoms with Gasteiger partial charge < -0.3 is 5.32 Å². The van der Waals surface area contributed by atoms with Gasteiger partial charge in [0.05, 0.1) is 6.04 Å². The zero-order valence-corrected chi connectivity index (χ0v) is 16.6. The first kappa shape index (κ1) is 19.3. The molecule has 1 aliphatic heterocycles. The van der Waals surface area contributed by atoms with E-state index in [4.69, 9.17) is 11.6 Å². The smallest absolute Gasteiger partial charge is 0.252 e. The summed E-state index contributed by atoms with van der Waals surface area (Å²) in [5.41, 5.74) is 0.685. The van der Waals surface area contributed by atoms with Crippen molar-refractivity contribution in [2.75, 3.05) is 31.5 Å². The number of nitrogens with one attached hydrogen (secondary N) is 1. The van der Waals surface area contributed by atoms with Gasteiger partial charge in [0.1, 0.15) is 4.21 Å². The maximum Gasteiger partial charge on any atom is 0.252 e. The second-order valence-electron chi connectivity index (χ2n) is 6.04. The number of benzene rings is 1. The first-order valence-corrected chi connectivity index (χ1v) is 10.9. The first-order chi connectivity index (χ1) is 12.4. The molecule has 140 valence electrons. The Balaban J connectivity index is 1.57. The van der Waals surface area contributed by atoms with Gasteiger partial charge in [0.25, 0.3) is 10.0 Å². The lowest BCUT2D eigenvalue weighted by molar-refractivity contribution is -0.121. The highest BCUT2D eigenvalue weighted by molar-refractivity contribution is 7.91. The number of carbonyl (C=O) groups excluding carboxylic acids is 1. The Bertz CT molecular complexity index is 846. The number of halogens is 1. The molecule has 1 aromatic heterocycles. The minimum absolute atomic E-state index is 0.123. The van der Waals surface area contributed by atoms with Crippen LogP contribution in [0, 0.1) is 0 Å². The van der Waals surface area contributed by atoms with Crippen molar-refractivity contribution in [1.29, 1.82) is 0 Å². The monoisotopic (exact) mass is 413 g/mol. The van der Waals surface area contributed by atoms with E-state index in [1.807, 2.05) is 11.8 Å². The third-order valence-corrected chi connectivity index (χ3v) is 7.93. The van der Waals surface area contributed by atoms with Crippen LogP contribution in [0.15, 0.2) is 46.0 Å². The van der Waals surface area contributed by atoms with E-state index in [-0.39, 0.29) is 11.9 Å². The molecule has 0 saturated carbocycles. The van der Waals surface area contributed by atoms with Crippen molar-refractivity contribution >= 4 is 44.6 Å². The standard InChI is InChI=1S/C17H20ClN3O3S2/c1-13(17(22)19-15-6-4-14(18)5-7-15)20-8-10-21(11-9-20)26(23,24)16-3-2-12-25-16/h2-7,12-13H,8-11H2,1H3,(H,19,22)/t13-/m1/s1. The normalized spacial score (nSPS) is 17.8. The molecule has 0 unspecified atom stereocenters. The molecule has 1 saturated heterocycles. The SMILES string of the molecule is C[C@H](C(=O)Nc1ccc(Cl)cc1)N1CCN(S(=O)(=O)c2cccs2)CC1. The van der Waals surface area contributed by atoms with Crippen LogP contribution < -0.4 is 5.32 Å². The fraction of sp³-hybridized carbons (Fsp3) is 0.353. The Hall–Kier alpha value is -1.45. The van der Waals surface area contributed by atoms with E-state index in [2.05, 4.69) is 5.32 Å². The van der Waals surface area contributed by atoms with E-state index in [0.29, 0.717) is 41.1 Å². The number of sulfonamides is 1. The topological polar surface area (TPSA) is 69.7 Å². The number of piperazine rings is 1. The summed E-state index contributed by atoms with van der Waals surface area (Å²) in [4.78, 5) is 14.4. The number of carbonyl (C=O) groups is 1. The Morgan fingerprint density at radius 2 is 1.81 bits per heavy atom. The fourth-order valence-corrected chi connectivity index (χ4v) is 5.51. The lowest BCUT2D eigenvalue weighted by Gasteiger charge is -2.36. The van der Waals surface area contributed by atoms with Gasteiger partial charge in [-0.25, -0.2) is 8.42 Å². The molecule has 0 radical (unpaired) electrons. The minimum atomic E-state index is -3.43. The average Bonchev–Trinajstić information content (AvgIpc) is 3.18. The minimum Gasteiger partial charge on any atom is -0.325 e. The molecular weight excluding hydrogens is 394 g/mol. The third kappa shape index (κ3) is 4.27. The molecule has 1 atom stereocenters. The molecule has 2 aromatic rings. The Morgan fingerprint density at radius 1 is 1.15 bits per heavy atom. The number of hydrogen-bond acceptors (Lipinski definition) is 5. The van der Waals surface area contributed by atoms with Crippen LogP contribution in [-0.2, 0) is 14.8 Å². The lowest BCUT2D eigenvalue weighted by Crippen LogP contribution is -2.53. The molecule has 0 aliphatic carbocycles. The zero-order valence-electron chi connectivity index (χ0n) is 14.3. The Morgan fingerprint density at radius 3 is 2.38 bits per heavy atom. The molecule has 0 spiro atoms. The highest BCUT2D eigenvalue weighted by Crippen LogP contribution is 2.22. The molecule has 1 fully saturated rings. The second kappa shape index (κ2) is 8.06. The molecule has 1 aromatic carbocycles. The summed E-state index contributed by atoms with van der Waals surface area (Å²) in [5, 5.41) is 5.23. The van der Waals surface area contributed by atoms with E-state index in [9.17, 15) is 13.2 Å². The summed E-state index contributed by atoms with van der Waals surface area (Å²) in [6.45, 7) is 3.60. The fourth-order valence-electron chi connectivity index (χ4n) is 2.81. The van der Waals surface area contributed by atoms with Crippen LogP contribution in [0.5, 0.6) is 0 Å². The third-order valence-electron chi connectivity index (χ3n) is 4.40. The molecule has 26 heavy (non-hydrogen) atoms. The molecule has 6 nitrogen and oxygen atoms in total. The van der Waals surface area contributed by atoms with Crippen molar-refractivity contribution < 1.29 is 13.2 Å². The van der Waals surface area contributed by atoms with Crippen molar-refractivity contribution in [2.45, 2.75) is 17.2 Å². The number of nitrogens with zero attached hydrogens (tertiary/aromatic N) is 2. The van der Waals surface area contributed by atoms with Crippen molar-refractivity contribution in [2.24, 2.45) is 0 Å². The summed E-state index contributed by atoms with van der Waals surface area (Å²) in [6, 6.07) is 9.94. The number of rotatable bonds is 5. The largest absolute Gasteiger partial charge is 0.325 e. The maximum absolute atomic E-state index is 12.6. The molecular formula is C17H20ClN3O3S2. The molecule has 1 aliphatic rings. The van der Waals surface area contributed by atoms with E-state index in [0.717, 1.165) is 0 Å². The van der Waals surface area contributed by atoms with Gasteiger partial charge in [0.2, 0.25) is 5.91 Å². The lowest BCUT2D eigenvalue weighted by atomic mass is 10.2. The average molecular weight is 414 g/mol. The number of thiophene rings is 1. The van der Waals surface area contributed by atoms with E-state index < -0.39 is 10.0 Å². The van der Waals surface area contributed by atoms with Crippen LogP contribution in [0.25, 0.3) is 0 Å². The number of hydrogen-bond donors (Lipinski definition) is 1. The second-order valence-corrected chi connectivity index (χ2v) is 9.59. The highest BCUT2D eigenvalue weighted by Gasteiger charge is 2.32. The summed E-state index contributed by atoms with van der Waals surface area (Å²) < 4.78 is 27.0. The van der Waals surface area contributed by atoms with Crippen molar-refractivity contribution in [1.82, 2.24) is 9.21 Å². The molecule has 9 heteroatoms.